The molecule has 5 nitrogen and oxygen atoms in total. The predicted octanol–water partition coefficient (Wildman–Crippen LogP) is 1.45. The van der Waals surface area contributed by atoms with Gasteiger partial charge in [0.05, 0.1) is 6.42 Å². The van der Waals surface area contributed by atoms with E-state index in [1.807, 2.05) is 0 Å². The maximum Gasteiger partial charge on any atom is 0.471 e. The molecule has 1 rings (SSSR count). The van der Waals surface area contributed by atoms with Crippen LogP contribution in [-0.4, -0.2) is 34.7 Å². The lowest BCUT2D eigenvalue weighted by molar-refractivity contribution is -0.170. The van der Waals surface area contributed by atoms with Gasteiger partial charge in [0, 0.05) is 12.7 Å². The largest absolute Gasteiger partial charge is 0.481 e. The molecule has 0 aliphatic rings. The van der Waals surface area contributed by atoms with Crippen LogP contribution >= 0.6 is 0 Å². The minimum absolute atomic E-state index is 0.235. The molecule has 18 heavy (non-hydrogen) atoms. The number of hydrogen-bond donors (Lipinski definition) is 1. The summed E-state index contributed by atoms with van der Waals surface area (Å²) in [6.45, 7) is -0.593. The number of pyridine rings is 1. The minimum Gasteiger partial charge on any atom is -0.481 e. The zero-order chi connectivity index (χ0) is 13.8. The summed E-state index contributed by atoms with van der Waals surface area (Å²) < 4.78 is 37.0. The summed E-state index contributed by atoms with van der Waals surface area (Å²) in [4.78, 5) is 25.4. The molecular formula is C10H9F3N2O3. The summed E-state index contributed by atoms with van der Waals surface area (Å²) >= 11 is 0. The molecule has 0 aromatic carbocycles. The second kappa shape index (κ2) is 5.48. The Hall–Kier alpha value is -2.12. The molecule has 0 aliphatic heterocycles. The number of alkyl halides is 3. The van der Waals surface area contributed by atoms with Gasteiger partial charge in [0.2, 0.25) is 0 Å². The smallest absolute Gasteiger partial charge is 0.471 e. The molecule has 1 N–H and O–H groups in total. The van der Waals surface area contributed by atoms with Gasteiger partial charge >= 0.3 is 18.1 Å². The zero-order valence-corrected chi connectivity index (χ0v) is 9.02. The molecule has 0 unspecified atom stereocenters. The standard InChI is InChI=1S/C10H9F3N2O3/c11-10(12,13)9(18)15(6-4-8(16)17)7-3-1-2-5-14-7/h1-3,5H,4,6H2,(H,16,17). The van der Waals surface area contributed by atoms with Crippen molar-refractivity contribution in [2.75, 3.05) is 11.4 Å². The van der Waals surface area contributed by atoms with Crippen molar-refractivity contribution >= 4 is 17.7 Å². The van der Waals surface area contributed by atoms with Crippen LogP contribution in [-0.2, 0) is 9.59 Å². The lowest BCUT2D eigenvalue weighted by atomic mass is 10.3. The molecule has 0 atom stereocenters. The number of carbonyl (C=O) groups excluding carboxylic acids is 1. The molecule has 98 valence electrons. The predicted molar refractivity (Wildman–Crippen MR) is 54.9 cm³/mol. The van der Waals surface area contributed by atoms with Crippen molar-refractivity contribution in [3.8, 4) is 0 Å². The van der Waals surface area contributed by atoms with Gasteiger partial charge in [-0.15, -0.1) is 0 Å². The number of carboxylic acid groups (broad SMARTS) is 1. The first-order valence-electron chi connectivity index (χ1n) is 4.84. The fourth-order valence-electron chi connectivity index (χ4n) is 1.19. The van der Waals surface area contributed by atoms with Gasteiger partial charge in [-0.1, -0.05) is 6.07 Å². The molecule has 1 amide bonds. The first-order chi connectivity index (χ1) is 8.32. The van der Waals surface area contributed by atoms with E-state index < -0.39 is 31.0 Å². The number of amides is 1. The van der Waals surface area contributed by atoms with Gasteiger partial charge in [0.15, 0.2) is 0 Å². The Kier molecular flexibility index (Phi) is 4.24. The van der Waals surface area contributed by atoms with E-state index in [2.05, 4.69) is 4.98 Å². The fraction of sp³-hybridized carbons (Fsp3) is 0.300. The Labute approximate surface area is 99.8 Å². The summed E-state index contributed by atoms with van der Waals surface area (Å²) in [5, 5.41) is 8.45. The summed E-state index contributed by atoms with van der Waals surface area (Å²) in [5.41, 5.74) is 0. The van der Waals surface area contributed by atoms with Gasteiger partial charge in [-0.25, -0.2) is 4.98 Å². The summed E-state index contributed by atoms with van der Waals surface area (Å²) in [7, 11) is 0. The lowest BCUT2D eigenvalue weighted by Gasteiger charge is -2.21. The maximum atomic E-state index is 12.3. The van der Waals surface area contributed by atoms with Crippen molar-refractivity contribution in [1.29, 1.82) is 0 Å². The van der Waals surface area contributed by atoms with Crippen molar-refractivity contribution in [2.24, 2.45) is 0 Å². The number of rotatable bonds is 4. The fourth-order valence-corrected chi connectivity index (χ4v) is 1.19. The third-order valence-corrected chi connectivity index (χ3v) is 1.96. The van der Waals surface area contributed by atoms with Crippen LogP contribution in [0.25, 0.3) is 0 Å². The molecule has 1 heterocycles. The molecule has 0 radical (unpaired) electrons. The van der Waals surface area contributed by atoms with Gasteiger partial charge in [-0.3, -0.25) is 14.5 Å². The van der Waals surface area contributed by atoms with Gasteiger partial charge in [0.1, 0.15) is 5.82 Å². The Morgan fingerprint density at radius 2 is 2.00 bits per heavy atom. The molecule has 0 bridgehead atoms. The summed E-state index contributed by atoms with van der Waals surface area (Å²) in [6, 6.07) is 4.07. The summed E-state index contributed by atoms with van der Waals surface area (Å²) in [6.07, 6.45) is -4.46. The van der Waals surface area contributed by atoms with E-state index in [-0.39, 0.29) is 5.82 Å². The number of anilines is 1. The van der Waals surface area contributed by atoms with Crippen molar-refractivity contribution in [2.45, 2.75) is 12.6 Å². The lowest BCUT2D eigenvalue weighted by Crippen LogP contribution is -2.42. The van der Waals surface area contributed by atoms with Crippen LogP contribution in [0.1, 0.15) is 6.42 Å². The number of hydrogen-bond acceptors (Lipinski definition) is 3. The number of aromatic nitrogens is 1. The number of carboxylic acids is 1. The third kappa shape index (κ3) is 3.72. The second-order valence-corrected chi connectivity index (χ2v) is 3.29. The van der Waals surface area contributed by atoms with E-state index in [1.165, 1.54) is 24.4 Å². The molecular weight excluding hydrogens is 253 g/mol. The SMILES string of the molecule is O=C(O)CCN(C(=O)C(F)(F)F)c1ccccn1. The quantitative estimate of drug-likeness (QED) is 0.891. The molecule has 0 saturated carbocycles. The highest BCUT2D eigenvalue weighted by molar-refractivity contribution is 5.96. The van der Waals surface area contributed by atoms with Gasteiger partial charge < -0.3 is 5.11 Å². The number of carbonyl (C=O) groups is 2. The molecule has 0 saturated heterocycles. The van der Waals surface area contributed by atoms with Crippen molar-refractivity contribution in [1.82, 2.24) is 4.98 Å². The minimum atomic E-state index is -5.07. The number of halogens is 3. The summed E-state index contributed by atoms with van der Waals surface area (Å²) in [5.74, 6) is -3.67. The van der Waals surface area contributed by atoms with Crippen molar-refractivity contribution in [3.05, 3.63) is 24.4 Å². The van der Waals surface area contributed by atoms with Crippen LogP contribution in [0.3, 0.4) is 0 Å². The van der Waals surface area contributed by atoms with E-state index in [9.17, 15) is 22.8 Å². The average Bonchev–Trinajstić information content (AvgIpc) is 2.29. The molecule has 8 heteroatoms. The van der Waals surface area contributed by atoms with Crippen LogP contribution in [0.4, 0.5) is 19.0 Å². The Morgan fingerprint density at radius 1 is 1.33 bits per heavy atom. The molecule has 0 spiro atoms. The van der Waals surface area contributed by atoms with Gasteiger partial charge in [0.25, 0.3) is 0 Å². The zero-order valence-electron chi connectivity index (χ0n) is 9.02. The maximum absolute atomic E-state index is 12.3. The van der Waals surface area contributed by atoms with E-state index >= 15 is 0 Å². The van der Waals surface area contributed by atoms with Crippen LogP contribution in [0.2, 0.25) is 0 Å². The van der Waals surface area contributed by atoms with Crippen LogP contribution in [0.5, 0.6) is 0 Å². The molecule has 0 fully saturated rings. The van der Waals surface area contributed by atoms with E-state index in [4.69, 9.17) is 5.11 Å². The van der Waals surface area contributed by atoms with Gasteiger partial charge in [-0.05, 0) is 12.1 Å². The highest BCUT2D eigenvalue weighted by atomic mass is 19.4. The Morgan fingerprint density at radius 3 is 2.44 bits per heavy atom. The normalized spacial score (nSPS) is 11.1. The van der Waals surface area contributed by atoms with Crippen LogP contribution < -0.4 is 4.90 Å². The van der Waals surface area contributed by atoms with E-state index in [0.29, 0.717) is 4.90 Å². The van der Waals surface area contributed by atoms with Gasteiger partial charge in [-0.2, -0.15) is 13.2 Å². The first kappa shape index (κ1) is 13.9. The molecule has 1 aromatic rings. The Balaban J connectivity index is 2.96. The van der Waals surface area contributed by atoms with Crippen molar-refractivity contribution in [3.63, 3.8) is 0 Å². The average molecular weight is 262 g/mol. The highest BCUT2D eigenvalue weighted by Crippen LogP contribution is 2.22. The first-order valence-corrected chi connectivity index (χ1v) is 4.84. The number of aliphatic carboxylic acids is 1. The third-order valence-electron chi connectivity index (χ3n) is 1.96. The second-order valence-electron chi connectivity index (χ2n) is 3.29. The van der Waals surface area contributed by atoms with E-state index in [0.717, 1.165) is 0 Å². The highest BCUT2D eigenvalue weighted by Gasteiger charge is 2.43. The molecule has 1 aromatic heterocycles. The topological polar surface area (TPSA) is 70.5 Å². The molecule has 0 aliphatic carbocycles. The monoisotopic (exact) mass is 262 g/mol. The van der Waals surface area contributed by atoms with Crippen LogP contribution in [0, 0.1) is 0 Å². The Bertz CT molecular complexity index is 434. The van der Waals surface area contributed by atoms with Crippen molar-refractivity contribution < 1.29 is 27.9 Å². The number of nitrogens with zero attached hydrogens (tertiary/aromatic N) is 2. The van der Waals surface area contributed by atoms with E-state index in [1.54, 1.807) is 0 Å². The van der Waals surface area contributed by atoms with Crippen LogP contribution in [0.15, 0.2) is 24.4 Å².